The fourth-order valence-electron chi connectivity index (χ4n) is 1.58. The molecule has 0 saturated carbocycles. The summed E-state index contributed by atoms with van der Waals surface area (Å²) in [7, 11) is 0. The van der Waals surface area contributed by atoms with Crippen molar-refractivity contribution in [1.29, 1.82) is 0 Å². The van der Waals surface area contributed by atoms with Gasteiger partial charge in [0.2, 0.25) is 11.8 Å². The van der Waals surface area contributed by atoms with Crippen molar-refractivity contribution in [2.75, 3.05) is 0 Å². The van der Waals surface area contributed by atoms with Crippen molar-refractivity contribution < 1.29 is 19.2 Å². The van der Waals surface area contributed by atoms with Gasteiger partial charge in [-0.2, -0.15) is 4.98 Å². The lowest BCUT2D eigenvalue weighted by Gasteiger charge is -2.20. The van der Waals surface area contributed by atoms with Gasteiger partial charge in [0.05, 0.1) is 6.42 Å². The molecule has 0 bridgehead atoms. The minimum atomic E-state index is -0.925. The molecule has 2 N–H and O–H groups in total. The molecule has 1 atom stereocenters. The zero-order valence-electron chi connectivity index (χ0n) is 11.3. The van der Waals surface area contributed by atoms with Crippen LogP contribution in [-0.2, 0) is 16.0 Å². The Morgan fingerprint density at radius 1 is 1.42 bits per heavy atom. The zero-order valence-corrected chi connectivity index (χ0v) is 11.3. The third-order valence-corrected chi connectivity index (χ3v) is 2.68. The maximum absolute atomic E-state index is 11.7. The predicted octanol–water partition coefficient (Wildman–Crippen LogP) is 0.926. The number of carboxylic acids is 1. The molecule has 1 aromatic rings. The average molecular weight is 269 g/mol. The summed E-state index contributed by atoms with van der Waals surface area (Å²) in [6.07, 6.45) is 0.470. The second-order valence-electron chi connectivity index (χ2n) is 4.75. The largest absolute Gasteiger partial charge is 0.481 e. The van der Waals surface area contributed by atoms with E-state index in [2.05, 4.69) is 15.5 Å². The molecule has 0 fully saturated rings. The van der Waals surface area contributed by atoms with E-state index in [9.17, 15) is 9.59 Å². The fraction of sp³-hybridized carbons (Fsp3) is 0.667. The van der Waals surface area contributed by atoms with E-state index in [0.717, 1.165) is 0 Å². The van der Waals surface area contributed by atoms with E-state index in [0.29, 0.717) is 18.1 Å². The Labute approximate surface area is 111 Å². The molecule has 0 aliphatic carbocycles. The molecule has 19 heavy (non-hydrogen) atoms. The highest BCUT2D eigenvalue weighted by Gasteiger charge is 2.19. The topological polar surface area (TPSA) is 105 Å². The van der Waals surface area contributed by atoms with Crippen LogP contribution in [0.2, 0.25) is 0 Å². The van der Waals surface area contributed by atoms with Crippen LogP contribution >= 0.6 is 0 Å². The molecule has 1 heterocycles. The number of hydrogen-bond donors (Lipinski definition) is 2. The van der Waals surface area contributed by atoms with Crippen molar-refractivity contribution in [3.63, 3.8) is 0 Å². The monoisotopic (exact) mass is 269 g/mol. The predicted molar refractivity (Wildman–Crippen MR) is 66.4 cm³/mol. The average Bonchev–Trinajstić information content (AvgIpc) is 2.71. The fourth-order valence-corrected chi connectivity index (χ4v) is 1.58. The van der Waals surface area contributed by atoms with Gasteiger partial charge in [0, 0.05) is 18.9 Å². The summed E-state index contributed by atoms with van der Waals surface area (Å²) >= 11 is 0. The number of rotatable bonds is 7. The Bertz CT molecular complexity index is 442. The normalized spacial score (nSPS) is 12.4. The van der Waals surface area contributed by atoms with Crippen LogP contribution in [0.1, 0.15) is 38.4 Å². The van der Waals surface area contributed by atoms with E-state index in [1.165, 1.54) is 0 Å². The number of carboxylic acid groups (broad SMARTS) is 1. The second kappa shape index (κ2) is 6.86. The highest BCUT2D eigenvalue weighted by molar-refractivity contribution is 5.77. The van der Waals surface area contributed by atoms with Crippen molar-refractivity contribution in [2.24, 2.45) is 5.92 Å². The molecular formula is C12H19N3O4. The van der Waals surface area contributed by atoms with Gasteiger partial charge in [0.15, 0.2) is 5.82 Å². The Balaban J connectivity index is 2.42. The molecule has 0 aliphatic rings. The lowest BCUT2D eigenvalue weighted by Crippen LogP contribution is -2.40. The van der Waals surface area contributed by atoms with Gasteiger partial charge in [-0.1, -0.05) is 19.0 Å². The SMILES string of the molecule is Cc1noc(CCC(=O)NC(CC(=O)O)C(C)C)n1. The first-order valence-corrected chi connectivity index (χ1v) is 6.18. The van der Waals surface area contributed by atoms with E-state index in [1.54, 1.807) is 6.92 Å². The van der Waals surface area contributed by atoms with E-state index >= 15 is 0 Å². The van der Waals surface area contributed by atoms with Crippen LogP contribution in [0.5, 0.6) is 0 Å². The Hall–Kier alpha value is -1.92. The molecule has 1 amide bonds. The zero-order chi connectivity index (χ0) is 14.4. The quantitative estimate of drug-likeness (QED) is 0.762. The van der Waals surface area contributed by atoms with Gasteiger partial charge in [0.25, 0.3) is 0 Å². The van der Waals surface area contributed by atoms with E-state index in [4.69, 9.17) is 9.63 Å². The van der Waals surface area contributed by atoms with Gasteiger partial charge in [-0.25, -0.2) is 0 Å². The molecule has 0 aliphatic heterocycles. The standard InChI is InChI=1S/C12H19N3O4/c1-7(2)9(6-12(17)18)14-10(16)4-5-11-13-8(3)15-19-11/h7,9H,4-6H2,1-3H3,(H,14,16)(H,17,18). The summed E-state index contributed by atoms with van der Waals surface area (Å²) < 4.78 is 4.90. The van der Waals surface area contributed by atoms with E-state index < -0.39 is 5.97 Å². The molecular weight excluding hydrogens is 250 g/mol. The number of aryl methyl sites for hydroxylation is 2. The van der Waals surface area contributed by atoms with Crippen LogP contribution in [0.4, 0.5) is 0 Å². The summed E-state index contributed by atoms with van der Waals surface area (Å²) in [5, 5.41) is 15.1. The van der Waals surface area contributed by atoms with Gasteiger partial charge in [0.1, 0.15) is 0 Å². The molecule has 1 rings (SSSR count). The Morgan fingerprint density at radius 3 is 2.58 bits per heavy atom. The minimum Gasteiger partial charge on any atom is -0.481 e. The van der Waals surface area contributed by atoms with Gasteiger partial charge < -0.3 is 14.9 Å². The number of aromatic nitrogens is 2. The molecule has 106 valence electrons. The molecule has 1 unspecified atom stereocenters. The summed E-state index contributed by atoms with van der Waals surface area (Å²) in [5.41, 5.74) is 0. The molecule has 0 aromatic carbocycles. The van der Waals surface area contributed by atoms with E-state index in [1.807, 2.05) is 13.8 Å². The van der Waals surface area contributed by atoms with Crippen LogP contribution in [0, 0.1) is 12.8 Å². The second-order valence-corrected chi connectivity index (χ2v) is 4.75. The van der Waals surface area contributed by atoms with Gasteiger partial charge >= 0.3 is 5.97 Å². The molecule has 0 spiro atoms. The van der Waals surface area contributed by atoms with Gasteiger partial charge in [-0.05, 0) is 12.8 Å². The summed E-state index contributed by atoms with van der Waals surface area (Å²) in [4.78, 5) is 26.4. The number of carbonyl (C=O) groups excluding carboxylic acids is 1. The molecule has 1 aromatic heterocycles. The third kappa shape index (κ3) is 5.50. The highest BCUT2D eigenvalue weighted by atomic mass is 16.5. The van der Waals surface area contributed by atoms with Gasteiger partial charge in [-0.3, -0.25) is 9.59 Å². The molecule has 7 nitrogen and oxygen atoms in total. The maximum Gasteiger partial charge on any atom is 0.305 e. The van der Waals surface area contributed by atoms with Crippen LogP contribution in [0.3, 0.4) is 0 Å². The van der Waals surface area contributed by atoms with Crippen LogP contribution < -0.4 is 5.32 Å². The summed E-state index contributed by atoms with van der Waals surface area (Å²) in [6, 6.07) is -0.366. The number of amides is 1. The summed E-state index contributed by atoms with van der Waals surface area (Å²) in [6.45, 7) is 5.44. The minimum absolute atomic E-state index is 0.0608. The maximum atomic E-state index is 11.7. The highest BCUT2D eigenvalue weighted by Crippen LogP contribution is 2.07. The van der Waals surface area contributed by atoms with Gasteiger partial charge in [-0.15, -0.1) is 0 Å². The lowest BCUT2D eigenvalue weighted by atomic mass is 10.0. The first-order chi connectivity index (χ1) is 8.88. The van der Waals surface area contributed by atoms with Crippen molar-refractivity contribution >= 4 is 11.9 Å². The van der Waals surface area contributed by atoms with Crippen molar-refractivity contribution in [1.82, 2.24) is 15.5 Å². The van der Waals surface area contributed by atoms with Crippen LogP contribution in [0.25, 0.3) is 0 Å². The Kier molecular flexibility index (Phi) is 5.47. The first-order valence-electron chi connectivity index (χ1n) is 6.18. The van der Waals surface area contributed by atoms with Crippen molar-refractivity contribution in [3.8, 4) is 0 Å². The molecule has 0 radical (unpaired) electrons. The number of aliphatic carboxylic acids is 1. The van der Waals surface area contributed by atoms with Crippen LogP contribution in [0.15, 0.2) is 4.52 Å². The number of nitrogens with zero attached hydrogens (tertiary/aromatic N) is 2. The third-order valence-electron chi connectivity index (χ3n) is 2.68. The Morgan fingerprint density at radius 2 is 2.11 bits per heavy atom. The van der Waals surface area contributed by atoms with E-state index in [-0.39, 0.29) is 30.7 Å². The number of nitrogens with one attached hydrogen (secondary N) is 1. The van der Waals surface area contributed by atoms with Crippen molar-refractivity contribution in [3.05, 3.63) is 11.7 Å². The first kappa shape index (κ1) is 15.1. The lowest BCUT2D eigenvalue weighted by molar-refractivity contribution is -0.138. The smallest absolute Gasteiger partial charge is 0.305 e. The number of carbonyl (C=O) groups is 2. The van der Waals surface area contributed by atoms with Crippen LogP contribution in [-0.4, -0.2) is 33.2 Å². The molecule has 7 heteroatoms. The summed E-state index contributed by atoms with van der Waals surface area (Å²) in [5.74, 6) is -0.138. The van der Waals surface area contributed by atoms with Crippen molar-refractivity contribution in [2.45, 2.75) is 46.1 Å². The number of hydrogen-bond acceptors (Lipinski definition) is 5. The molecule has 0 saturated heterocycles.